The van der Waals surface area contributed by atoms with Crippen molar-refractivity contribution in [1.29, 1.82) is 0 Å². The zero-order chi connectivity index (χ0) is 10.6. The lowest BCUT2D eigenvalue weighted by molar-refractivity contribution is 0.328. The summed E-state index contributed by atoms with van der Waals surface area (Å²) >= 11 is 0. The van der Waals surface area contributed by atoms with Gasteiger partial charge >= 0.3 is 0 Å². The van der Waals surface area contributed by atoms with Crippen LogP contribution in [0.15, 0.2) is 24.3 Å². The predicted octanol–water partition coefficient (Wildman–Crippen LogP) is 3.15. The summed E-state index contributed by atoms with van der Waals surface area (Å²) in [5.74, 6) is -0.176. The van der Waals surface area contributed by atoms with Crippen molar-refractivity contribution in [1.82, 2.24) is 0 Å². The van der Waals surface area contributed by atoms with Crippen LogP contribution in [-0.2, 0) is 10.5 Å². The van der Waals surface area contributed by atoms with Crippen LogP contribution >= 0.6 is 0 Å². The third-order valence-corrected chi connectivity index (χ3v) is 4.41. The first-order valence-corrected chi connectivity index (χ1v) is 8.03. The molecule has 0 heterocycles. The molecule has 0 aliphatic carbocycles. The molecule has 0 unspecified atom stereocenters. The number of halogens is 1. The van der Waals surface area contributed by atoms with E-state index in [4.69, 9.17) is 4.43 Å². The summed E-state index contributed by atoms with van der Waals surface area (Å²) in [6.45, 7) is 7.14. The van der Waals surface area contributed by atoms with Crippen LogP contribution in [-0.4, -0.2) is 14.9 Å². The second kappa shape index (κ2) is 4.71. The van der Waals surface area contributed by atoms with Gasteiger partial charge in [-0.25, -0.2) is 4.39 Å². The van der Waals surface area contributed by atoms with Gasteiger partial charge in [-0.3, -0.25) is 0 Å². The van der Waals surface area contributed by atoms with Crippen molar-refractivity contribution in [3.8, 4) is 0 Å². The number of hydrogen-bond donors (Lipinski definition) is 0. The van der Waals surface area contributed by atoms with Gasteiger partial charge < -0.3 is 4.43 Å². The smallest absolute Gasteiger partial charge is 0.190 e. The van der Waals surface area contributed by atoms with E-state index in [1.165, 1.54) is 12.1 Å². The van der Waals surface area contributed by atoms with Crippen LogP contribution in [0.1, 0.15) is 12.5 Å². The van der Waals surface area contributed by atoms with Crippen LogP contribution in [0.2, 0.25) is 13.1 Å². The average molecular weight is 212 g/mol. The molecule has 0 saturated heterocycles. The minimum absolute atomic E-state index is 0.176. The van der Waals surface area contributed by atoms with Gasteiger partial charge in [-0.05, 0) is 43.8 Å². The van der Waals surface area contributed by atoms with Gasteiger partial charge in [-0.1, -0.05) is 12.1 Å². The molecule has 0 saturated carbocycles. The highest BCUT2D eigenvalue weighted by molar-refractivity contribution is 6.70. The molecule has 0 fully saturated rings. The maximum absolute atomic E-state index is 12.6. The van der Waals surface area contributed by atoms with Crippen LogP contribution in [0, 0.1) is 5.82 Å². The van der Waals surface area contributed by atoms with E-state index in [-0.39, 0.29) is 5.82 Å². The van der Waals surface area contributed by atoms with Crippen molar-refractivity contribution < 1.29 is 8.82 Å². The Balaban J connectivity index is 2.64. The van der Waals surface area contributed by atoms with Crippen molar-refractivity contribution in [3.63, 3.8) is 0 Å². The Morgan fingerprint density at radius 1 is 1.21 bits per heavy atom. The molecule has 0 bridgehead atoms. The van der Waals surface area contributed by atoms with Crippen molar-refractivity contribution in [2.75, 3.05) is 6.61 Å². The van der Waals surface area contributed by atoms with Crippen LogP contribution in [0.4, 0.5) is 4.39 Å². The Labute approximate surface area is 86.0 Å². The first-order chi connectivity index (χ1) is 6.53. The quantitative estimate of drug-likeness (QED) is 0.697. The molecule has 0 spiro atoms. The van der Waals surface area contributed by atoms with Crippen LogP contribution in [0.25, 0.3) is 0 Å². The normalized spacial score (nSPS) is 11.7. The van der Waals surface area contributed by atoms with E-state index in [1.807, 2.05) is 19.1 Å². The molecule has 1 rings (SSSR count). The molecule has 0 radical (unpaired) electrons. The van der Waals surface area contributed by atoms with E-state index in [9.17, 15) is 4.39 Å². The predicted molar refractivity (Wildman–Crippen MR) is 59.2 cm³/mol. The fourth-order valence-electron chi connectivity index (χ4n) is 1.54. The fourth-order valence-corrected chi connectivity index (χ4v) is 3.64. The lowest BCUT2D eigenvalue weighted by Gasteiger charge is -2.21. The molecule has 0 aliphatic rings. The lowest BCUT2D eigenvalue weighted by atomic mass is 10.2. The van der Waals surface area contributed by atoms with Gasteiger partial charge in [-0.2, -0.15) is 0 Å². The van der Waals surface area contributed by atoms with E-state index in [0.717, 1.165) is 18.2 Å². The maximum Gasteiger partial charge on any atom is 0.190 e. The second-order valence-corrected chi connectivity index (χ2v) is 8.16. The molecule has 1 nitrogen and oxygen atoms in total. The van der Waals surface area contributed by atoms with E-state index in [1.54, 1.807) is 0 Å². The van der Waals surface area contributed by atoms with Gasteiger partial charge in [0.05, 0.1) is 0 Å². The Bertz CT molecular complexity index is 282. The average Bonchev–Trinajstić information content (AvgIpc) is 2.08. The van der Waals surface area contributed by atoms with E-state index in [2.05, 4.69) is 13.1 Å². The summed E-state index contributed by atoms with van der Waals surface area (Å²) < 4.78 is 18.4. The first kappa shape index (κ1) is 11.4. The highest BCUT2D eigenvalue weighted by Crippen LogP contribution is 2.13. The zero-order valence-electron chi connectivity index (χ0n) is 9.01. The number of benzene rings is 1. The zero-order valence-corrected chi connectivity index (χ0v) is 10.0. The highest BCUT2D eigenvalue weighted by atomic mass is 28.4. The molecule has 1 aromatic rings. The van der Waals surface area contributed by atoms with Gasteiger partial charge in [0.1, 0.15) is 5.82 Å². The Hall–Kier alpha value is -0.673. The maximum atomic E-state index is 12.6. The van der Waals surface area contributed by atoms with Gasteiger partial charge in [0.25, 0.3) is 0 Å². The monoisotopic (exact) mass is 212 g/mol. The minimum Gasteiger partial charge on any atom is -0.417 e. The van der Waals surface area contributed by atoms with E-state index in [0.29, 0.717) is 0 Å². The van der Waals surface area contributed by atoms with E-state index < -0.39 is 8.32 Å². The molecule has 0 amide bonds. The molecule has 78 valence electrons. The summed E-state index contributed by atoms with van der Waals surface area (Å²) in [6, 6.07) is 7.63. The van der Waals surface area contributed by atoms with Crippen molar-refractivity contribution in [2.24, 2.45) is 0 Å². The third-order valence-electron chi connectivity index (χ3n) is 2.08. The summed E-state index contributed by atoms with van der Waals surface area (Å²) in [5.41, 5.74) is 1.16. The van der Waals surface area contributed by atoms with Crippen molar-refractivity contribution >= 4 is 8.32 Å². The van der Waals surface area contributed by atoms with Crippen LogP contribution < -0.4 is 0 Å². The van der Waals surface area contributed by atoms with Crippen LogP contribution in [0.5, 0.6) is 0 Å². The lowest BCUT2D eigenvalue weighted by Crippen LogP contribution is -2.33. The number of hydrogen-bond acceptors (Lipinski definition) is 1. The van der Waals surface area contributed by atoms with E-state index >= 15 is 0 Å². The van der Waals surface area contributed by atoms with Crippen molar-refractivity contribution in [3.05, 3.63) is 35.6 Å². The molecule has 0 N–H and O–H groups in total. The minimum atomic E-state index is -1.58. The van der Waals surface area contributed by atoms with Gasteiger partial charge in [0.2, 0.25) is 0 Å². The SMILES string of the molecule is CCO[Si](C)(C)Cc1ccc(F)cc1. The second-order valence-electron chi connectivity index (χ2n) is 4.00. The Morgan fingerprint density at radius 3 is 2.29 bits per heavy atom. The fraction of sp³-hybridized carbons (Fsp3) is 0.455. The molecule has 0 aromatic heterocycles. The Morgan fingerprint density at radius 2 is 1.79 bits per heavy atom. The van der Waals surface area contributed by atoms with Gasteiger partial charge in [0, 0.05) is 6.61 Å². The molecule has 3 heteroatoms. The summed E-state index contributed by atoms with van der Waals surface area (Å²) in [5, 5.41) is 0. The molecular weight excluding hydrogens is 195 g/mol. The molecule has 1 aromatic carbocycles. The molecule has 0 atom stereocenters. The number of rotatable bonds is 4. The molecule has 14 heavy (non-hydrogen) atoms. The molecule has 0 aliphatic heterocycles. The molecular formula is C11H17FOSi. The standard InChI is InChI=1S/C11H17FOSi/c1-4-13-14(2,3)9-10-5-7-11(12)8-6-10/h5-8H,4,9H2,1-3H3. The summed E-state index contributed by atoms with van der Waals surface area (Å²) in [7, 11) is -1.58. The summed E-state index contributed by atoms with van der Waals surface area (Å²) in [6.07, 6.45) is 0. The first-order valence-electron chi connectivity index (χ1n) is 4.92. The summed E-state index contributed by atoms with van der Waals surface area (Å²) in [4.78, 5) is 0. The largest absolute Gasteiger partial charge is 0.417 e. The third kappa shape index (κ3) is 3.60. The Kier molecular flexibility index (Phi) is 3.83. The van der Waals surface area contributed by atoms with Crippen molar-refractivity contribution in [2.45, 2.75) is 26.1 Å². The van der Waals surface area contributed by atoms with Gasteiger partial charge in [0.15, 0.2) is 8.32 Å². The highest BCUT2D eigenvalue weighted by Gasteiger charge is 2.21. The van der Waals surface area contributed by atoms with Crippen LogP contribution in [0.3, 0.4) is 0 Å². The van der Waals surface area contributed by atoms with Gasteiger partial charge in [-0.15, -0.1) is 0 Å². The topological polar surface area (TPSA) is 9.23 Å².